The number of anilines is 2. The van der Waals surface area contributed by atoms with E-state index in [1.807, 2.05) is 60.1 Å². The Balaban J connectivity index is 1.39. The minimum Gasteiger partial charge on any atom is -0.323 e. The predicted molar refractivity (Wildman–Crippen MR) is 116 cm³/mol. The van der Waals surface area contributed by atoms with Gasteiger partial charge in [0.15, 0.2) is 0 Å². The molecule has 3 aromatic rings. The van der Waals surface area contributed by atoms with Crippen LogP contribution < -0.4 is 10.2 Å². The van der Waals surface area contributed by atoms with Crippen LogP contribution in [0.4, 0.5) is 11.4 Å². The average Bonchev–Trinajstić information content (AvgIpc) is 3.53. The van der Waals surface area contributed by atoms with E-state index in [0.717, 1.165) is 30.0 Å². The van der Waals surface area contributed by atoms with Gasteiger partial charge >= 0.3 is 0 Å². The van der Waals surface area contributed by atoms with Crippen molar-refractivity contribution in [2.45, 2.75) is 36.1 Å². The van der Waals surface area contributed by atoms with Gasteiger partial charge in [0.05, 0.1) is 22.3 Å². The van der Waals surface area contributed by atoms with E-state index in [9.17, 15) is 9.59 Å². The van der Waals surface area contributed by atoms with Gasteiger partial charge in [-0.15, -0.1) is 5.10 Å². The van der Waals surface area contributed by atoms with Crippen LogP contribution in [0.15, 0.2) is 59.8 Å². The highest BCUT2D eigenvalue weighted by Gasteiger charge is 2.33. The van der Waals surface area contributed by atoms with E-state index in [-0.39, 0.29) is 18.4 Å². The van der Waals surface area contributed by atoms with Crippen LogP contribution in [0.1, 0.15) is 31.5 Å². The lowest BCUT2D eigenvalue weighted by Gasteiger charge is -2.30. The summed E-state index contributed by atoms with van der Waals surface area (Å²) in [5, 5.41) is 7.65. The molecule has 5 rings (SSSR count). The van der Waals surface area contributed by atoms with Crippen LogP contribution in [0.25, 0.3) is 5.69 Å². The molecule has 2 aromatic carbocycles. The topological polar surface area (TPSA) is 80.1 Å². The van der Waals surface area contributed by atoms with Crippen LogP contribution in [0.5, 0.6) is 0 Å². The molecule has 0 unspecified atom stereocenters. The van der Waals surface area contributed by atoms with Crippen LogP contribution in [0.3, 0.4) is 0 Å². The Morgan fingerprint density at radius 2 is 1.87 bits per heavy atom. The number of thioether (sulfide) groups is 1. The van der Waals surface area contributed by atoms with Crippen molar-refractivity contribution >= 4 is 35.0 Å². The van der Waals surface area contributed by atoms with E-state index in [1.54, 1.807) is 11.0 Å². The molecule has 1 saturated carbocycles. The summed E-state index contributed by atoms with van der Waals surface area (Å²) in [5.41, 5.74) is 2.34. The molecule has 1 N–H and O–H groups in total. The van der Waals surface area contributed by atoms with Crippen molar-refractivity contribution in [3.8, 4) is 5.69 Å². The minimum atomic E-state index is -0.428. The average molecular weight is 420 g/mol. The molecule has 1 aromatic heterocycles. The maximum Gasteiger partial charge on any atom is 0.244 e. The number of fused-ring (bicyclic) bond motifs is 1. The van der Waals surface area contributed by atoms with E-state index in [0.29, 0.717) is 16.8 Å². The predicted octanol–water partition coefficient (Wildman–Crippen LogP) is 3.61. The molecule has 1 aliphatic heterocycles. The van der Waals surface area contributed by atoms with Gasteiger partial charge in [-0.2, -0.15) is 0 Å². The number of nitrogens with one attached hydrogen (secondary N) is 1. The van der Waals surface area contributed by atoms with Crippen molar-refractivity contribution < 1.29 is 9.59 Å². The van der Waals surface area contributed by atoms with E-state index >= 15 is 0 Å². The van der Waals surface area contributed by atoms with Gasteiger partial charge < -0.3 is 5.32 Å². The molecule has 2 aliphatic rings. The molecule has 0 radical (unpaired) electrons. The highest BCUT2D eigenvalue weighted by molar-refractivity contribution is 8.00. The zero-order valence-corrected chi connectivity index (χ0v) is 17.3. The summed E-state index contributed by atoms with van der Waals surface area (Å²) in [7, 11) is 0. The summed E-state index contributed by atoms with van der Waals surface area (Å²) in [6.45, 7) is 1.85. The van der Waals surface area contributed by atoms with Crippen LogP contribution in [-0.2, 0) is 9.59 Å². The Morgan fingerprint density at radius 3 is 2.63 bits per heavy atom. The van der Waals surface area contributed by atoms with Crippen molar-refractivity contribution in [2.75, 3.05) is 16.8 Å². The second kappa shape index (κ2) is 7.60. The quantitative estimate of drug-likeness (QED) is 0.639. The van der Waals surface area contributed by atoms with Gasteiger partial charge in [0.1, 0.15) is 12.4 Å². The van der Waals surface area contributed by atoms with E-state index in [4.69, 9.17) is 4.98 Å². The molecular weight excluding hydrogens is 398 g/mol. The maximum atomic E-state index is 13.2. The molecule has 2 amide bonds. The molecule has 7 nitrogen and oxygen atoms in total. The molecule has 1 atom stereocenters. The number of nitrogens with zero attached hydrogens (tertiary/aromatic N) is 4. The first-order valence-corrected chi connectivity index (χ1v) is 10.9. The molecule has 30 heavy (non-hydrogen) atoms. The third kappa shape index (κ3) is 3.59. The molecule has 0 bridgehead atoms. The summed E-state index contributed by atoms with van der Waals surface area (Å²) >= 11 is 1.33. The Kier molecular flexibility index (Phi) is 4.78. The summed E-state index contributed by atoms with van der Waals surface area (Å²) < 4.78 is 1.89. The number of hydrogen-bond acceptors (Lipinski definition) is 5. The monoisotopic (exact) mass is 419 g/mol. The van der Waals surface area contributed by atoms with Crippen molar-refractivity contribution in [1.29, 1.82) is 0 Å². The Hall–Kier alpha value is -3.13. The second-order valence-corrected chi connectivity index (χ2v) is 8.83. The Bertz CT molecular complexity index is 1110. The molecular formula is C22H21N5O2S. The largest absolute Gasteiger partial charge is 0.323 e. The smallest absolute Gasteiger partial charge is 0.244 e. The fraction of sp³-hybridized carbons (Fsp3) is 0.273. The minimum absolute atomic E-state index is 0.0138. The molecule has 8 heteroatoms. The van der Waals surface area contributed by atoms with Gasteiger partial charge in [-0.1, -0.05) is 42.1 Å². The number of amides is 2. The summed E-state index contributed by atoms with van der Waals surface area (Å²) in [6.07, 6.45) is 2.23. The molecule has 2 heterocycles. The normalized spacial score (nSPS) is 16.7. The lowest BCUT2D eigenvalue weighted by Crippen LogP contribution is -2.45. The van der Waals surface area contributed by atoms with Gasteiger partial charge in [-0.05, 0) is 44.0 Å². The lowest BCUT2D eigenvalue weighted by molar-refractivity contribution is -0.121. The summed E-state index contributed by atoms with van der Waals surface area (Å²) in [6, 6.07) is 17.3. The first kappa shape index (κ1) is 18.9. The number of para-hydroxylation sites is 3. The molecule has 1 fully saturated rings. The number of benzene rings is 2. The molecule has 152 valence electrons. The number of carbonyl (C=O) groups is 2. The number of carbonyl (C=O) groups excluding carboxylic acids is 2. The van der Waals surface area contributed by atoms with Crippen molar-refractivity contribution in [1.82, 2.24) is 14.8 Å². The van der Waals surface area contributed by atoms with Crippen LogP contribution in [0, 0.1) is 0 Å². The standard InChI is InChI=1S/C22H21N5O2S/c1-14(21(29)26-13-19(28)23-17-9-5-6-10-18(17)26)30-22-24-20(15-11-12-15)27(25-22)16-7-3-2-4-8-16/h2-10,14-15H,11-13H2,1H3,(H,23,28)/t14-/m1/s1. The van der Waals surface area contributed by atoms with E-state index < -0.39 is 5.25 Å². The van der Waals surface area contributed by atoms with Crippen molar-refractivity contribution in [2.24, 2.45) is 0 Å². The number of aromatic nitrogens is 3. The molecule has 0 spiro atoms. The fourth-order valence-corrected chi connectivity index (χ4v) is 4.40. The van der Waals surface area contributed by atoms with E-state index in [2.05, 4.69) is 10.4 Å². The van der Waals surface area contributed by atoms with Gasteiger partial charge in [0.2, 0.25) is 17.0 Å². The third-order valence-corrected chi connectivity index (χ3v) is 6.16. The van der Waals surface area contributed by atoms with Gasteiger partial charge in [0.25, 0.3) is 0 Å². The second-order valence-electron chi connectivity index (χ2n) is 7.52. The van der Waals surface area contributed by atoms with Crippen LogP contribution in [-0.4, -0.2) is 38.4 Å². The van der Waals surface area contributed by atoms with Crippen molar-refractivity contribution in [3.63, 3.8) is 0 Å². The Labute approximate surface area is 178 Å². The Morgan fingerprint density at radius 1 is 1.13 bits per heavy atom. The van der Waals surface area contributed by atoms with Crippen molar-refractivity contribution in [3.05, 3.63) is 60.4 Å². The fourth-order valence-electron chi connectivity index (χ4n) is 3.58. The molecule has 1 aliphatic carbocycles. The SMILES string of the molecule is C[C@@H](Sc1nc(C2CC2)n(-c2ccccc2)n1)C(=O)N1CC(=O)Nc2ccccc21. The lowest BCUT2D eigenvalue weighted by atomic mass is 10.2. The summed E-state index contributed by atoms with van der Waals surface area (Å²) in [5.74, 6) is 1.05. The zero-order valence-electron chi connectivity index (χ0n) is 16.5. The van der Waals surface area contributed by atoms with E-state index in [1.165, 1.54) is 11.8 Å². The van der Waals surface area contributed by atoms with Crippen LogP contribution >= 0.6 is 11.8 Å². The molecule has 0 saturated heterocycles. The highest BCUT2D eigenvalue weighted by atomic mass is 32.2. The third-order valence-electron chi connectivity index (χ3n) is 5.22. The van der Waals surface area contributed by atoms with Crippen LogP contribution in [0.2, 0.25) is 0 Å². The number of hydrogen-bond donors (Lipinski definition) is 1. The van der Waals surface area contributed by atoms with Gasteiger partial charge in [-0.3, -0.25) is 14.5 Å². The number of rotatable bonds is 5. The first-order valence-electron chi connectivity index (χ1n) is 9.99. The highest BCUT2D eigenvalue weighted by Crippen LogP contribution is 2.41. The van der Waals surface area contributed by atoms with Gasteiger partial charge in [0, 0.05) is 5.92 Å². The zero-order chi connectivity index (χ0) is 20.7. The first-order chi connectivity index (χ1) is 14.6. The van der Waals surface area contributed by atoms with Gasteiger partial charge in [-0.25, -0.2) is 9.67 Å². The summed E-state index contributed by atoms with van der Waals surface area (Å²) in [4.78, 5) is 31.5. The maximum absolute atomic E-state index is 13.2.